The quantitative estimate of drug-likeness (QED) is 0.746. The lowest BCUT2D eigenvalue weighted by Crippen LogP contribution is -1.97. The Labute approximate surface area is 103 Å². The molecule has 0 aliphatic carbocycles. The summed E-state index contributed by atoms with van der Waals surface area (Å²) in [4.78, 5) is 15.5. The minimum atomic E-state index is -0.928. The number of hydrogen-bond donors (Lipinski definition) is 1. The molecule has 3 rings (SSSR count). The Hall–Kier alpha value is -2.62. The normalized spacial score (nSPS) is 10.7. The van der Waals surface area contributed by atoms with Crippen LogP contribution in [-0.4, -0.2) is 20.5 Å². The van der Waals surface area contributed by atoms with E-state index in [-0.39, 0.29) is 0 Å². The van der Waals surface area contributed by atoms with E-state index < -0.39 is 5.97 Å². The molecule has 0 unspecified atom stereocenters. The van der Waals surface area contributed by atoms with Gasteiger partial charge in [0, 0.05) is 35.9 Å². The van der Waals surface area contributed by atoms with Gasteiger partial charge in [-0.15, -0.1) is 0 Å². The number of rotatable bonds is 2. The highest BCUT2D eigenvalue weighted by Gasteiger charge is 2.17. The van der Waals surface area contributed by atoms with Gasteiger partial charge >= 0.3 is 5.97 Å². The summed E-state index contributed by atoms with van der Waals surface area (Å²) in [5, 5.41) is 9.38. The van der Waals surface area contributed by atoms with Gasteiger partial charge in [-0.2, -0.15) is 0 Å². The van der Waals surface area contributed by atoms with Crippen LogP contribution in [0.2, 0.25) is 0 Å². The summed E-state index contributed by atoms with van der Waals surface area (Å²) in [5.41, 5.74) is 2.48. The van der Waals surface area contributed by atoms with Crippen LogP contribution in [0.3, 0.4) is 0 Å². The molecule has 4 nitrogen and oxygen atoms in total. The Morgan fingerprint density at radius 3 is 2.83 bits per heavy atom. The minimum Gasteiger partial charge on any atom is -0.478 e. The van der Waals surface area contributed by atoms with Crippen LogP contribution in [0.1, 0.15) is 10.4 Å². The number of carboxylic acids is 1. The molecule has 0 atom stereocenters. The molecule has 0 aromatic carbocycles. The number of carbonyl (C=O) groups is 1. The van der Waals surface area contributed by atoms with Crippen LogP contribution < -0.4 is 0 Å². The van der Waals surface area contributed by atoms with Crippen LogP contribution in [0.15, 0.2) is 55.1 Å². The number of aromatic nitrogens is 2. The van der Waals surface area contributed by atoms with Gasteiger partial charge in [-0.3, -0.25) is 4.98 Å². The first kappa shape index (κ1) is 10.5. The topological polar surface area (TPSA) is 54.6 Å². The molecule has 88 valence electrons. The molecule has 3 aromatic rings. The smallest absolute Gasteiger partial charge is 0.338 e. The summed E-state index contributed by atoms with van der Waals surface area (Å²) >= 11 is 0. The molecular formula is C14H10N2O2. The number of aromatic carboxylic acids is 1. The molecule has 0 radical (unpaired) electrons. The summed E-state index contributed by atoms with van der Waals surface area (Å²) in [5.74, 6) is -0.928. The highest BCUT2D eigenvalue weighted by Crippen LogP contribution is 2.28. The van der Waals surface area contributed by atoms with E-state index in [0.29, 0.717) is 16.6 Å². The first-order valence-electron chi connectivity index (χ1n) is 5.51. The average molecular weight is 238 g/mol. The number of fused-ring (bicyclic) bond motifs is 1. The lowest BCUT2D eigenvalue weighted by molar-refractivity contribution is 0.0700. The number of hydrogen-bond acceptors (Lipinski definition) is 2. The van der Waals surface area contributed by atoms with Crippen molar-refractivity contribution in [2.75, 3.05) is 0 Å². The molecule has 3 aromatic heterocycles. The van der Waals surface area contributed by atoms with Crippen molar-refractivity contribution >= 4 is 11.5 Å². The van der Waals surface area contributed by atoms with E-state index in [1.54, 1.807) is 24.5 Å². The van der Waals surface area contributed by atoms with Gasteiger partial charge in [0.05, 0.1) is 11.1 Å². The van der Waals surface area contributed by atoms with Crippen LogP contribution >= 0.6 is 0 Å². The third-order valence-corrected chi connectivity index (χ3v) is 2.87. The van der Waals surface area contributed by atoms with Crippen LogP contribution in [-0.2, 0) is 0 Å². The van der Waals surface area contributed by atoms with Gasteiger partial charge in [-0.1, -0.05) is 12.1 Å². The van der Waals surface area contributed by atoms with Crippen molar-refractivity contribution in [2.24, 2.45) is 0 Å². The van der Waals surface area contributed by atoms with E-state index in [2.05, 4.69) is 4.98 Å². The molecule has 18 heavy (non-hydrogen) atoms. The third kappa shape index (κ3) is 1.55. The summed E-state index contributed by atoms with van der Waals surface area (Å²) in [6.45, 7) is 0. The van der Waals surface area contributed by atoms with Crippen molar-refractivity contribution < 1.29 is 9.90 Å². The zero-order valence-corrected chi connectivity index (χ0v) is 9.45. The van der Waals surface area contributed by atoms with Crippen LogP contribution in [0.4, 0.5) is 0 Å². The molecule has 0 amide bonds. The summed E-state index contributed by atoms with van der Waals surface area (Å²) in [7, 11) is 0. The monoisotopic (exact) mass is 238 g/mol. The number of nitrogens with zero attached hydrogens (tertiary/aromatic N) is 2. The SMILES string of the molecule is O=C(O)c1c(-c2cccnc2)cn2ccccc12. The average Bonchev–Trinajstić information content (AvgIpc) is 2.79. The zero-order valence-electron chi connectivity index (χ0n) is 9.45. The fourth-order valence-electron chi connectivity index (χ4n) is 2.09. The second kappa shape index (κ2) is 4.00. The first-order valence-corrected chi connectivity index (χ1v) is 5.51. The van der Waals surface area contributed by atoms with Crippen molar-refractivity contribution in [3.63, 3.8) is 0 Å². The van der Waals surface area contributed by atoms with Gasteiger partial charge in [-0.25, -0.2) is 4.79 Å². The largest absolute Gasteiger partial charge is 0.478 e. The molecule has 0 fully saturated rings. The third-order valence-electron chi connectivity index (χ3n) is 2.87. The summed E-state index contributed by atoms with van der Waals surface area (Å²) < 4.78 is 1.81. The van der Waals surface area contributed by atoms with Crippen LogP contribution in [0.5, 0.6) is 0 Å². The highest BCUT2D eigenvalue weighted by atomic mass is 16.4. The lowest BCUT2D eigenvalue weighted by Gasteiger charge is -1.99. The fourth-order valence-corrected chi connectivity index (χ4v) is 2.09. The number of carboxylic acid groups (broad SMARTS) is 1. The molecule has 0 aliphatic heterocycles. The van der Waals surface area contributed by atoms with Crippen molar-refractivity contribution in [3.8, 4) is 11.1 Å². The zero-order chi connectivity index (χ0) is 12.5. The summed E-state index contributed by atoms with van der Waals surface area (Å²) in [6.07, 6.45) is 6.98. The Morgan fingerprint density at radius 2 is 2.11 bits per heavy atom. The van der Waals surface area contributed by atoms with Crippen molar-refractivity contribution in [3.05, 3.63) is 60.7 Å². The van der Waals surface area contributed by atoms with Gasteiger partial charge < -0.3 is 9.51 Å². The molecule has 0 aliphatic rings. The van der Waals surface area contributed by atoms with E-state index in [9.17, 15) is 9.90 Å². The van der Waals surface area contributed by atoms with Gasteiger partial charge in [-0.05, 0) is 18.2 Å². The predicted octanol–water partition coefficient (Wildman–Crippen LogP) is 2.70. The van der Waals surface area contributed by atoms with Gasteiger partial charge in [0.25, 0.3) is 0 Å². The molecule has 0 saturated carbocycles. The molecule has 0 spiro atoms. The molecule has 1 N–H and O–H groups in total. The van der Waals surface area contributed by atoms with Gasteiger partial charge in [0.2, 0.25) is 0 Å². The second-order valence-electron chi connectivity index (χ2n) is 3.96. The molecule has 0 bridgehead atoms. The predicted molar refractivity (Wildman–Crippen MR) is 67.6 cm³/mol. The van der Waals surface area contributed by atoms with Crippen LogP contribution in [0.25, 0.3) is 16.6 Å². The van der Waals surface area contributed by atoms with E-state index in [1.165, 1.54) is 0 Å². The Kier molecular flexibility index (Phi) is 2.34. The van der Waals surface area contributed by atoms with E-state index in [0.717, 1.165) is 5.56 Å². The maximum atomic E-state index is 11.4. The standard InChI is InChI=1S/C14H10N2O2/c17-14(18)13-11(10-4-3-6-15-8-10)9-16-7-2-1-5-12(13)16/h1-9H,(H,17,18). The van der Waals surface area contributed by atoms with E-state index in [1.807, 2.05) is 35.0 Å². The van der Waals surface area contributed by atoms with E-state index >= 15 is 0 Å². The Balaban J connectivity index is 2.36. The summed E-state index contributed by atoms with van der Waals surface area (Å²) in [6, 6.07) is 9.14. The lowest BCUT2D eigenvalue weighted by atomic mass is 10.1. The fraction of sp³-hybridized carbons (Fsp3) is 0. The van der Waals surface area contributed by atoms with E-state index in [4.69, 9.17) is 0 Å². The molecule has 0 saturated heterocycles. The number of pyridine rings is 2. The first-order chi connectivity index (χ1) is 8.77. The Morgan fingerprint density at radius 1 is 1.22 bits per heavy atom. The van der Waals surface area contributed by atoms with Gasteiger partial charge in [0.15, 0.2) is 0 Å². The highest BCUT2D eigenvalue weighted by molar-refractivity contribution is 6.03. The minimum absolute atomic E-state index is 0.309. The molecule has 3 heterocycles. The maximum Gasteiger partial charge on any atom is 0.338 e. The van der Waals surface area contributed by atoms with Crippen molar-refractivity contribution in [1.82, 2.24) is 9.38 Å². The van der Waals surface area contributed by atoms with Crippen molar-refractivity contribution in [1.29, 1.82) is 0 Å². The molecule has 4 heteroatoms. The van der Waals surface area contributed by atoms with Crippen LogP contribution in [0, 0.1) is 0 Å². The molecular weight excluding hydrogens is 228 g/mol. The van der Waals surface area contributed by atoms with Crippen molar-refractivity contribution in [2.45, 2.75) is 0 Å². The maximum absolute atomic E-state index is 11.4. The van der Waals surface area contributed by atoms with Gasteiger partial charge in [0.1, 0.15) is 0 Å². The Bertz CT molecular complexity index is 717. The second-order valence-corrected chi connectivity index (χ2v) is 3.96.